The number of halogens is 1. The maximum absolute atomic E-state index is 14.1. The molecule has 0 aliphatic carbocycles. The van der Waals surface area contributed by atoms with Gasteiger partial charge in [-0.2, -0.15) is 0 Å². The maximum atomic E-state index is 14.1. The van der Waals surface area contributed by atoms with Gasteiger partial charge in [0.05, 0.1) is 16.2 Å². The summed E-state index contributed by atoms with van der Waals surface area (Å²) in [6.45, 7) is 7.77. The Hall–Kier alpha value is -3.90. The van der Waals surface area contributed by atoms with Crippen molar-refractivity contribution in [1.29, 1.82) is 0 Å². The molecule has 0 amide bonds. The number of aryl methyl sites for hydroxylation is 1. The van der Waals surface area contributed by atoms with Gasteiger partial charge in [-0.1, -0.05) is 54.6 Å². The summed E-state index contributed by atoms with van der Waals surface area (Å²) in [5.41, 5.74) is 4.34. The molecular formula is C28H22FNO3S. The van der Waals surface area contributed by atoms with Gasteiger partial charge in [-0.3, -0.25) is 0 Å². The monoisotopic (exact) mass is 471 g/mol. The highest BCUT2D eigenvalue weighted by atomic mass is 32.2. The summed E-state index contributed by atoms with van der Waals surface area (Å²) < 4.78 is 49.3. The fourth-order valence-electron chi connectivity index (χ4n) is 4.17. The average Bonchev–Trinajstić information content (AvgIpc) is 3.06. The Kier molecular flexibility index (Phi) is 5.25. The third kappa shape index (κ3) is 3.56. The predicted octanol–water partition coefficient (Wildman–Crippen LogP) is 6.89. The van der Waals surface area contributed by atoms with Crippen LogP contribution in [-0.4, -0.2) is 12.7 Å². The van der Waals surface area contributed by atoms with E-state index < -0.39 is 15.8 Å². The van der Waals surface area contributed by atoms with Gasteiger partial charge in [-0.15, -0.1) is 0 Å². The lowest BCUT2D eigenvalue weighted by Crippen LogP contribution is -2.26. The first-order valence-corrected chi connectivity index (χ1v) is 12.2. The minimum Gasteiger partial charge on any atom is -0.455 e. The Bertz CT molecular complexity index is 1590. The molecule has 4 nitrogen and oxygen atoms in total. The molecule has 0 bridgehead atoms. The maximum Gasteiger partial charge on any atom is 0.268 e. The van der Waals surface area contributed by atoms with E-state index in [0.717, 1.165) is 11.1 Å². The highest BCUT2D eigenvalue weighted by molar-refractivity contribution is 7.89. The van der Waals surface area contributed by atoms with Crippen molar-refractivity contribution in [1.82, 2.24) is 4.31 Å². The number of furan rings is 1. The van der Waals surface area contributed by atoms with Crippen LogP contribution in [0.3, 0.4) is 0 Å². The topological polar surface area (TPSA) is 50.5 Å². The molecule has 0 unspecified atom stereocenters. The summed E-state index contributed by atoms with van der Waals surface area (Å²) in [5.74, 6) is 0.0610. The number of rotatable bonds is 4. The summed E-state index contributed by atoms with van der Waals surface area (Å²) in [6, 6.07) is 20.4. The summed E-state index contributed by atoms with van der Waals surface area (Å²) >= 11 is 0. The first-order valence-electron chi connectivity index (χ1n) is 10.7. The van der Waals surface area contributed by atoms with Crippen LogP contribution in [0, 0.1) is 12.7 Å². The van der Waals surface area contributed by atoms with Crippen LogP contribution in [0.1, 0.15) is 29.4 Å². The highest BCUT2D eigenvalue weighted by Crippen LogP contribution is 2.43. The largest absolute Gasteiger partial charge is 0.455 e. The van der Waals surface area contributed by atoms with E-state index in [4.69, 9.17) is 4.42 Å². The van der Waals surface area contributed by atoms with Crippen molar-refractivity contribution in [2.45, 2.75) is 18.7 Å². The molecule has 0 radical (unpaired) electrons. The number of nitrogens with zero attached hydrogens (tertiary/aromatic N) is 1. The number of allylic oxidation sites excluding steroid dienone is 1. The molecule has 0 fully saturated rings. The van der Waals surface area contributed by atoms with E-state index in [0.29, 0.717) is 39.1 Å². The van der Waals surface area contributed by atoms with Crippen LogP contribution in [0.5, 0.6) is 0 Å². The van der Waals surface area contributed by atoms with Crippen LogP contribution in [0.4, 0.5) is 4.39 Å². The van der Waals surface area contributed by atoms with Crippen molar-refractivity contribution in [3.63, 3.8) is 0 Å². The van der Waals surface area contributed by atoms with Gasteiger partial charge in [-0.25, -0.2) is 17.1 Å². The van der Waals surface area contributed by atoms with Crippen LogP contribution < -0.4 is 0 Å². The molecule has 1 aliphatic heterocycles. The van der Waals surface area contributed by atoms with Crippen molar-refractivity contribution in [2.75, 3.05) is 0 Å². The fourth-order valence-corrected chi connectivity index (χ4v) is 5.59. The molecule has 6 heteroatoms. The number of fused-ring (bicyclic) bond motifs is 3. The second-order valence-electron chi connectivity index (χ2n) is 8.28. The van der Waals surface area contributed by atoms with Crippen molar-refractivity contribution in [3.05, 3.63) is 125 Å². The molecule has 0 atom stereocenters. The zero-order valence-corrected chi connectivity index (χ0v) is 19.6. The van der Waals surface area contributed by atoms with E-state index in [1.807, 2.05) is 37.3 Å². The fraction of sp³-hybridized carbons (Fsp3) is 0.0714. The zero-order valence-electron chi connectivity index (χ0n) is 18.7. The Morgan fingerprint density at radius 1 is 1.00 bits per heavy atom. The third-order valence-electron chi connectivity index (χ3n) is 5.79. The molecule has 1 aliphatic rings. The zero-order chi connectivity index (χ0) is 24.0. The number of sulfonamides is 1. The summed E-state index contributed by atoms with van der Waals surface area (Å²) in [6.07, 6.45) is 3.15. The first kappa shape index (κ1) is 21.9. The molecule has 3 aromatic carbocycles. The molecule has 0 N–H and O–H groups in total. The molecule has 0 saturated carbocycles. The number of hydrogen-bond donors (Lipinski definition) is 0. The van der Waals surface area contributed by atoms with Gasteiger partial charge in [-0.05, 0) is 61.4 Å². The molecule has 0 spiro atoms. The number of hydrogen-bond acceptors (Lipinski definition) is 3. The summed E-state index contributed by atoms with van der Waals surface area (Å²) in [7, 11) is -3.98. The van der Waals surface area contributed by atoms with Gasteiger partial charge in [0.2, 0.25) is 0 Å². The van der Waals surface area contributed by atoms with E-state index in [1.165, 1.54) is 22.6 Å². The lowest BCUT2D eigenvalue weighted by atomic mass is 9.96. The van der Waals surface area contributed by atoms with Gasteiger partial charge < -0.3 is 4.42 Å². The molecule has 4 aromatic rings. The second-order valence-corrected chi connectivity index (χ2v) is 10.1. The van der Waals surface area contributed by atoms with Crippen LogP contribution in [0.15, 0.2) is 106 Å². The quantitative estimate of drug-likeness (QED) is 0.326. The highest BCUT2D eigenvalue weighted by Gasteiger charge is 2.33. The normalized spacial score (nSPS) is 13.8. The van der Waals surface area contributed by atoms with Gasteiger partial charge in [0, 0.05) is 17.1 Å². The smallest absolute Gasteiger partial charge is 0.268 e. The summed E-state index contributed by atoms with van der Waals surface area (Å²) in [4.78, 5) is 0.156. The van der Waals surface area contributed by atoms with E-state index in [-0.39, 0.29) is 4.90 Å². The van der Waals surface area contributed by atoms with E-state index >= 15 is 0 Å². The minimum absolute atomic E-state index is 0.156. The van der Waals surface area contributed by atoms with Crippen molar-refractivity contribution >= 4 is 32.6 Å². The van der Waals surface area contributed by atoms with Crippen LogP contribution in [0.2, 0.25) is 0 Å². The van der Waals surface area contributed by atoms with Gasteiger partial charge in [0.25, 0.3) is 10.0 Å². The SMILES string of the molecule is C=C(C)C1=C(c2ccccc2)c2oc3ccc(F)cc3c2C=CN1S(=O)(=O)c1ccc(C)cc1. The first-order chi connectivity index (χ1) is 16.3. The Labute approximate surface area is 198 Å². The van der Waals surface area contributed by atoms with Crippen molar-refractivity contribution in [2.24, 2.45) is 0 Å². The Morgan fingerprint density at radius 2 is 1.71 bits per heavy atom. The van der Waals surface area contributed by atoms with Crippen molar-refractivity contribution in [3.8, 4) is 0 Å². The molecule has 170 valence electrons. The third-order valence-corrected chi connectivity index (χ3v) is 7.48. The lowest BCUT2D eigenvalue weighted by Gasteiger charge is -2.25. The molecular weight excluding hydrogens is 449 g/mol. The Morgan fingerprint density at radius 3 is 2.38 bits per heavy atom. The Balaban J connectivity index is 1.87. The molecule has 1 aromatic heterocycles. The standard InChI is InChI=1S/C28H22FNO3S/c1-18(2)27-26(20-7-5-4-6-8-20)28-23(24-17-21(29)11-14-25(24)33-28)15-16-30(27)34(31,32)22-12-9-19(3)10-13-22/h4-17H,1H2,2-3H3. The predicted molar refractivity (Wildman–Crippen MR) is 133 cm³/mol. The minimum atomic E-state index is -3.98. The van der Waals surface area contributed by atoms with Crippen LogP contribution in [-0.2, 0) is 10.0 Å². The average molecular weight is 472 g/mol. The number of benzene rings is 3. The summed E-state index contributed by atoms with van der Waals surface area (Å²) in [5, 5.41) is 0.565. The molecule has 0 saturated heterocycles. The molecule has 34 heavy (non-hydrogen) atoms. The molecule has 2 heterocycles. The van der Waals surface area contributed by atoms with E-state index in [2.05, 4.69) is 6.58 Å². The molecule has 5 rings (SSSR count). The van der Waals surface area contributed by atoms with Crippen LogP contribution >= 0.6 is 0 Å². The van der Waals surface area contributed by atoms with Gasteiger partial charge in [0.15, 0.2) is 0 Å². The van der Waals surface area contributed by atoms with Crippen molar-refractivity contribution < 1.29 is 17.2 Å². The van der Waals surface area contributed by atoms with E-state index in [9.17, 15) is 12.8 Å². The van der Waals surface area contributed by atoms with Gasteiger partial charge >= 0.3 is 0 Å². The lowest BCUT2D eigenvalue weighted by molar-refractivity contribution is 0.544. The van der Waals surface area contributed by atoms with E-state index in [1.54, 1.807) is 43.3 Å². The van der Waals surface area contributed by atoms with Crippen LogP contribution in [0.25, 0.3) is 22.6 Å². The van der Waals surface area contributed by atoms with Gasteiger partial charge in [0.1, 0.15) is 17.2 Å². The second kappa shape index (κ2) is 8.15.